The fourth-order valence-corrected chi connectivity index (χ4v) is 4.15. The second-order valence-corrected chi connectivity index (χ2v) is 7.63. The maximum atomic E-state index is 12.7. The van der Waals surface area contributed by atoms with E-state index in [9.17, 15) is 4.79 Å². The van der Waals surface area contributed by atoms with Crippen LogP contribution in [0.3, 0.4) is 0 Å². The van der Waals surface area contributed by atoms with Gasteiger partial charge in [-0.25, -0.2) is 9.67 Å². The summed E-state index contributed by atoms with van der Waals surface area (Å²) in [7, 11) is 0. The van der Waals surface area contributed by atoms with Gasteiger partial charge in [-0.1, -0.05) is 5.21 Å². The van der Waals surface area contributed by atoms with Crippen LogP contribution in [0.4, 0.5) is 5.13 Å². The van der Waals surface area contributed by atoms with Crippen molar-refractivity contribution >= 4 is 34.8 Å². The van der Waals surface area contributed by atoms with Crippen molar-refractivity contribution in [1.29, 1.82) is 0 Å². The van der Waals surface area contributed by atoms with Crippen LogP contribution in [0.2, 0.25) is 0 Å². The molecule has 0 saturated carbocycles. The lowest BCUT2D eigenvalue weighted by Gasteiger charge is -2.23. The number of amides is 1. The summed E-state index contributed by atoms with van der Waals surface area (Å²) in [6.07, 6.45) is 1.98. The van der Waals surface area contributed by atoms with Gasteiger partial charge in [0.1, 0.15) is 11.5 Å². The number of carbonyl (C=O) groups is 1. The zero-order chi connectivity index (χ0) is 19.0. The van der Waals surface area contributed by atoms with Crippen LogP contribution in [-0.2, 0) is 0 Å². The Hall–Kier alpha value is -2.23. The molecule has 1 saturated heterocycles. The number of hydrogen-bond acceptors (Lipinski definition) is 7. The fraction of sp³-hybridized carbons (Fsp3) is 0.444. The number of piperidine rings is 1. The minimum atomic E-state index is -0.284. The van der Waals surface area contributed by atoms with E-state index in [1.54, 1.807) is 0 Å². The SMILES string of the molecule is Cc1cc(-c2csc(NC(=O)c3nnn(C4CCNCC4)c3C)n2)c(C)o1.Cl. The largest absolute Gasteiger partial charge is 0.466 e. The molecule has 4 heterocycles. The molecule has 28 heavy (non-hydrogen) atoms. The number of furan rings is 1. The molecule has 3 aromatic rings. The van der Waals surface area contributed by atoms with Crippen LogP contribution in [0.15, 0.2) is 15.9 Å². The number of nitrogens with one attached hydrogen (secondary N) is 2. The van der Waals surface area contributed by atoms with Crippen molar-refractivity contribution < 1.29 is 9.21 Å². The molecule has 10 heteroatoms. The molecule has 0 unspecified atom stereocenters. The average Bonchev–Trinajstić information content (AvgIpc) is 3.34. The summed E-state index contributed by atoms with van der Waals surface area (Å²) in [4.78, 5) is 17.2. The molecule has 3 aromatic heterocycles. The third-order valence-corrected chi connectivity index (χ3v) is 5.60. The topological polar surface area (TPSA) is 97.9 Å². The number of anilines is 1. The highest BCUT2D eigenvalue weighted by atomic mass is 35.5. The summed E-state index contributed by atoms with van der Waals surface area (Å²) in [5.74, 6) is 1.37. The highest BCUT2D eigenvalue weighted by Crippen LogP contribution is 2.30. The molecule has 1 amide bonds. The number of thiazole rings is 1. The van der Waals surface area contributed by atoms with Gasteiger partial charge in [-0.3, -0.25) is 10.1 Å². The molecule has 8 nitrogen and oxygen atoms in total. The van der Waals surface area contributed by atoms with E-state index < -0.39 is 0 Å². The number of halogens is 1. The second-order valence-electron chi connectivity index (χ2n) is 6.77. The Labute approximate surface area is 173 Å². The lowest BCUT2D eigenvalue weighted by molar-refractivity contribution is 0.102. The summed E-state index contributed by atoms with van der Waals surface area (Å²) in [6, 6.07) is 2.24. The van der Waals surface area contributed by atoms with Gasteiger partial charge in [0.2, 0.25) is 0 Å². The van der Waals surface area contributed by atoms with Gasteiger partial charge < -0.3 is 9.73 Å². The molecule has 0 bridgehead atoms. The smallest absolute Gasteiger partial charge is 0.279 e. The molecule has 0 radical (unpaired) electrons. The number of rotatable bonds is 4. The van der Waals surface area contributed by atoms with E-state index in [4.69, 9.17) is 4.42 Å². The standard InChI is InChI=1S/C18H22N6O2S.ClH/c1-10-8-14(12(3)26-10)15-9-27-18(20-15)21-17(25)16-11(2)24(23-22-16)13-4-6-19-7-5-13;/h8-9,13,19H,4-7H2,1-3H3,(H,20,21,25);1H. The maximum Gasteiger partial charge on any atom is 0.279 e. The molecule has 1 aliphatic heterocycles. The molecule has 150 valence electrons. The normalized spacial score (nSPS) is 14.7. The Bertz CT molecular complexity index is 973. The van der Waals surface area contributed by atoms with Gasteiger partial charge in [0, 0.05) is 10.9 Å². The molecule has 0 aliphatic carbocycles. The monoisotopic (exact) mass is 422 g/mol. The molecular weight excluding hydrogens is 400 g/mol. The summed E-state index contributed by atoms with van der Waals surface area (Å²) in [5, 5.41) is 16.9. The predicted molar refractivity (Wildman–Crippen MR) is 110 cm³/mol. The maximum absolute atomic E-state index is 12.7. The van der Waals surface area contributed by atoms with Gasteiger partial charge in [-0.15, -0.1) is 28.8 Å². The van der Waals surface area contributed by atoms with Crippen molar-refractivity contribution in [3.8, 4) is 11.3 Å². The first kappa shape index (κ1) is 20.5. The Morgan fingerprint density at radius 1 is 1.32 bits per heavy atom. The van der Waals surface area contributed by atoms with Crippen LogP contribution in [0, 0.1) is 20.8 Å². The van der Waals surface area contributed by atoms with Crippen molar-refractivity contribution in [3.63, 3.8) is 0 Å². The molecule has 4 rings (SSSR count). The van der Waals surface area contributed by atoms with Gasteiger partial charge in [-0.2, -0.15) is 0 Å². The summed E-state index contributed by atoms with van der Waals surface area (Å²) in [5.41, 5.74) is 2.87. The molecule has 0 aromatic carbocycles. The highest BCUT2D eigenvalue weighted by Gasteiger charge is 2.23. The molecule has 2 N–H and O–H groups in total. The number of aromatic nitrogens is 4. The van der Waals surface area contributed by atoms with E-state index in [0.29, 0.717) is 16.9 Å². The van der Waals surface area contributed by atoms with Gasteiger partial charge in [-0.05, 0) is 52.8 Å². The Balaban J connectivity index is 0.00000225. The molecule has 0 spiro atoms. The minimum absolute atomic E-state index is 0. The van der Waals surface area contributed by atoms with Gasteiger partial charge in [0.15, 0.2) is 10.8 Å². The fourth-order valence-electron chi connectivity index (χ4n) is 3.45. The second kappa shape index (κ2) is 8.42. The first-order chi connectivity index (χ1) is 13.0. The van der Waals surface area contributed by atoms with Gasteiger partial charge in [0.05, 0.1) is 17.4 Å². The molecule has 1 fully saturated rings. The highest BCUT2D eigenvalue weighted by molar-refractivity contribution is 7.14. The molecule has 1 aliphatic rings. The van der Waals surface area contributed by atoms with Crippen LogP contribution in [-0.4, -0.2) is 39.0 Å². The number of hydrogen-bond donors (Lipinski definition) is 2. The predicted octanol–water partition coefficient (Wildman–Crippen LogP) is 3.52. The Morgan fingerprint density at radius 3 is 2.75 bits per heavy atom. The first-order valence-electron chi connectivity index (χ1n) is 8.99. The van der Waals surface area contributed by atoms with E-state index in [0.717, 1.165) is 54.4 Å². The minimum Gasteiger partial charge on any atom is -0.466 e. The van der Waals surface area contributed by atoms with Crippen molar-refractivity contribution in [2.24, 2.45) is 0 Å². The first-order valence-corrected chi connectivity index (χ1v) is 9.87. The zero-order valence-electron chi connectivity index (χ0n) is 16.0. The van der Waals surface area contributed by atoms with Crippen LogP contribution < -0.4 is 10.6 Å². The van der Waals surface area contributed by atoms with E-state index in [2.05, 4.69) is 25.9 Å². The van der Waals surface area contributed by atoms with Crippen LogP contribution in [0.1, 0.15) is 46.6 Å². The summed E-state index contributed by atoms with van der Waals surface area (Å²) in [6.45, 7) is 7.62. The van der Waals surface area contributed by atoms with E-state index in [-0.39, 0.29) is 18.3 Å². The third kappa shape index (κ3) is 3.96. The van der Waals surface area contributed by atoms with Gasteiger partial charge >= 0.3 is 0 Å². The van der Waals surface area contributed by atoms with E-state index in [1.165, 1.54) is 11.3 Å². The van der Waals surface area contributed by atoms with Crippen molar-refractivity contribution in [2.75, 3.05) is 18.4 Å². The average molecular weight is 423 g/mol. The number of carbonyl (C=O) groups excluding carboxylic acids is 1. The quantitative estimate of drug-likeness (QED) is 0.667. The van der Waals surface area contributed by atoms with Crippen LogP contribution in [0.25, 0.3) is 11.3 Å². The van der Waals surface area contributed by atoms with Crippen molar-refractivity contribution in [1.82, 2.24) is 25.3 Å². The van der Waals surface area contributed by atoms with Gasteiger partial charge in [0.25, 0.3) is 5.91 Å². The molecule has 0 atom stereocenters. The van der Waals surface area contributed by atoms with Crippen LogP contribution >= 0.6 is 23.7 Å². The van der Waals surface area contributed by atoms with E-state index >= 15 is 0 Å². The summed E-state index contributed by atoms with van der Waals surface area (Å²) < 4.78 is 7.43. The Morgan fingerprint density at radius 2 is 2.07 bits per heavy atom. The van der Waals surface area contributed by atoms with Crippen molar-refractivity contribution in [3.05, 3.63) is 34.4 Å². The lowest BCUT2D eigenvalue weighted by Crippen LogP contribution is -2.30. The number of aryl methyl sites for hydroxylation is 2. The van der Waals surface area contributed by atoms with E-state index in [1.807, 2.05) is 36.9 Å². The number of nitrogens with zero attached hydrogens (tertiary/aromatic N) is 4. The van der Waals surface area contributed by atoms with Crippen LogP contribution in [0.5, 0.6) is 0 Å². The van der Waals surface area contributed by atoms with Crippen molar-refractivity contribution in [2.45, 2.75) is 39.7 Å². The summed E-state index contributed by atoms with van der Waals surface area (Å²) >= 11 is 1.38. The molecular formula is C18H23ClN6O2S. The lowest BCUT2D eigenvalue weighted by atomic mass is 10.1. The Kier molecular flexibility index (Phi) is 6.17. The zero-order valence-corrected chi connectivity index (χ0v) is 17.6. The third-order valence-electron chi connectivity index (χ3n) is 4.84.